The normalized spacial score (nSPS) is 18.3. The highest BCUT2D eigenvalue weighted by Crippen LogP contribution is 2.28. The van der Waals surface area contributed by atoms with Gasteiger partial charge >= 0.3 is 0 Å². The molecule has 2 aromatic rings. The van der Waals surface area contributed by atoms with Crippen LogP contribution in [0.5, 0.6) is 0 Å². The standard InChI is InChI=1S/C24H35N5O2/c1-18(2)27-11-8-20(9-12-27)28-13-10-22-21(17-28)23(26-29(22)14-15-30)24(31)25-16-19-6-4-3-5-7-19/h3-7,18,20,30H,8-17H2,1-2H3,(H,25,31). The van der Waals surface area contributed by atoms with E-state index in [0.29, 0.717) is 30.9 Å². The number of hydrogen-bond donors (Lipinski definition) is 2. The molecule has 1 aromatic carbocycles. The lowest BCUT2D eigenvalue weighted by Crippen LogP contribution is -2.48. The monoisotopic (exact) mass is 425 g/mol. The Kier molecular flexibility index (Phi) is 7.05. The first kappa shape index (κ1) is 22.0. The number of benzene rings is 1. The zero-order chi connectivity index (χ0) is 21.8. The van der Waals surface area contributed by atoms with Gasteiger partial charge in [0.05, 0.1) is 13.2 Å². The molecule has 0 radical (unpaired) electrons. The summed E-state index contributed by atoms with van der Waals surface area (Å²) in [5.74, 6) is -0.131. The molecule has 7 nitrogen and oxygen atoms in total. The number of nitrogens with one attached hydrogen (secondary N) is 1. The summed E-state index contributed by atoms with van der Waals surface area (Å²) in [7, 11) is 0. The molecule has 1 fully saturated rings. The molecule has 7 heteroatoms. The van der Waals surface area contributed by atoms with Crippen molar-refractivity contribution in [2.24, 2.45) is 0 Å². The van der Waals surface area contributed by atoms with Gasteiger partial charge in [-0.1, -0.05) is 30.3 Å². The van der Waals surface area contributed by atoms with E-state index >= 15 is 0 Å². The number of carbonyl (C=O) groups is 1. The quantitative estimate of drug-likeness (QED) is 0.710. The average molecular weight is 426 g/mol. The van der Waals surface area contributed by atoms with Gasteiger partial charge in [-0.05, 0) is 45.3 Å². The van der Waals surface area contributed by atoms with Crippen molar-refractivity contribution in [1.29, 1.82) is 0 Å². The number of amides is 1. The van der Waals surface area contributed by atoms with Crippen LogP contribution >= 0.6 is 0 Å². The Balaban J connectivity index is 1.48. The van der Waals surface area contributed by atoms with E-state index in [0.717, 1.165) is 49.4 Å². The van der Waals surface area contributed by atoms with Crippen LogP contribution in [-0.4, -0.2) is 68.9 Å². The minimum atomic E-state index is -0.131. The highest BCUT2D eigenvalue weighted by atomic mass is 16.3. The number of likely N-dealkylation sites (tertiary alicyclic amines) is 1. The maximum atomic E-state index is 13.0. The zero-order valence-electron chi connectivity index (χ0n) is 18.8. The maximum Gasteiger partial charge on any atom is 0.272 e. The van der Waals surface area contributed by atoms with Gasteiger partial charge in [-0.15, -0.1) is 0 Å². The van der Waals surface area contributed by atoms with Gasteiger partial charge in [0.2, 0.25) is 0 Å². The highest BCUT2D eigenvalue weighted by molar-refractivity contribution is 5.94. The van der Waals surface area contributed by atoms with E-state index in [9.17, 15) is 9.90 Å². The number of nitrogens with zero attached hydrogens (tertiary/aromatic N) is 4. The van der Waals surface area contributed by atoms with E-state index in [2.05, 4.69) is 34.1 Å². The minimum absolute atomic E-state index is 0.0244. The molecule has 0 saturated carbocycles. The van der Waals surface area contributed by atoms with Gasteiger partial charge in [0.15, 0.2) is 5.69 Å². The van der Waals surface area contributed by atoms with Crippen LogP contribution in [0.25, 0.3) is 0 Å². The van der Waals surface area contributed by atoms with Crippen molar-refractivity contribution >= 4 is 5.91 Å². The fourth-order valence-corrected chi connectivity index (χ4v) is 4.91. The molecule has 1 saturated heterocycles. The van der Waals surface area contributed by atoms with Crippen molar-refractivity contribution in [2.45, 2.75) is 64.8 Å². The summed E-state index contributed by atoms with van der Waals surface area (Å²) >= 11 is 0. The SMILES string of the molecule is CC(C)N1CCC(N2CCc3c(c(C(=O)NCc4ccccc4)nn3CCO)C2)CC1. The van der Waals surface area contributed by atoms with Crippen molar-refractivity contribution in [2.75, 3.05) is 26.2 Å². The Hall–Kier alpha value is -2.22. The number of aromatic nitrogens is 2. The topological polar surface area (TPSA) is 73.6 Å². The summed E-state index contributed by atoms with van der Waals surface area (Å²) in [4.78, 5) is 18.1. The molecule has 0 spiro atoms. The Bertz CT molecular complexity index is 872. The van der Waals surface area contributed by atoms with Crippen LogP contribution in [-0.2, 0) is 26.1 Å². The number of rotatable bonds is 7. The maximum absolute atomic E-state index is 13.0. The molecule has 2 aliphatic heterocycles. The lowest BCUT2D eigenvalue weighted by atomic mass is 9.97. The van der Waals surface area contributed by atoms with Gasteiger partial charge in [0.25, 0.3) is 5.91 Å². The molecule has 1 amide bonds. The molecule has 168 valence electrons. The number of hydrogen-bond acceptors (Lipinski definition) is 5. The predicted octanol–water partition coefficient (Wildman–Crippen LogP) is 2.04. The smallest absolute Gasteiger partial charge is 0.272 e. The summed E-state index contributed by atoms with van der Waals surface area (Å²) in [5.41, 5.74) is 3.73. The summed E-state index contributed by atoms with van der Waals surface area (Å²) in [5, 5.41) is 17.1. The molecule has 0 aliphatic carbocycles. The molecule has 0 unspecified atom stereocenters. The molecule has 3 heterocycles. The van der Waals surface area contributed by atoms with Crippen molar-refractivity contribution in [1.82, 2.24) is 24.9 Å². The summed E-state index contributed by atoms with van der Waals surface area (Å²) in [6, 6.07) is 11.1. The van der Waals surface area contributed by atoms with Crippen molar-refractivity contribution in [3.63, 3.8) is 0 Å². The number of aliphatic hydroxyl groups is 1. The van der Waals surface area contributed by atoms with E-state index < -0.39 is 0 Å². The van der Waals surface area contributed by atoms with Gasteiger partial charge in [-0.2, -0.15) is 5.10 Å². The molecule has 31 heavy (non-hydrogen) atoms. The van der Waals surface area contributed by atoms with Crippen molar-refractivity contribution in [3.8, 4) is 0 Å². The second-order valence-electron chi connectivity index (χ2n) is 8.97. The van der Waals surface area contributed by atoms with E-state index in [-0.39, 0.29) is 12.5 Å². The number of aliphatic hydroxyl groups excluding tert-OH is 1. The lowest BCUT2D eigenvalue weighted by Gasteiger charge is -2.41. The fourth-order valence-electron chi connectivity index (χ4n) is 4.91. The van der Waals surface area contributed by atoms with Crippen LogP contribution in [0, 0.1) is 0 Å². The zero-order valence-corrected chi connectivity index (χ0v) is 18.8. The molecule has 0 atom stereocenters. The number of fused-ring (bicyclic) bond motifs is 1. The Morgan fingerprint density at radius 2 is 1.94 bits per heavy atom. The fraction of sp³-hybridized carbons (Fsp3) is 0.583. The molecule has 1 aromatic heterocycles. The van der Waals surface area contributed by atoms with Crippen LogP contribution in [0.1, 0.15) is 54.0 Å². The summed E-state index contributed by atoms with van der Waals surface area (Å²) in [6.07, 6.45) is 3.22. The molecular weight excluding hydrogens is 390 g/mol. The average Bonchev–Trinajstić information content (AvgIpc) is 3.16. The largest absolute Gasteiger partial charge is 0.394 e. The second-order valence-corrected chi connectivity index (χ2v) is 8.97. The first-order chi connectivity index (χ1) is 15.1. The van der Waals surface area contributed by atoms with Crippen LogP contribution in [0.2, 0.25) is 0 Å². The first-order valence-electron chi connectivity index (χ1n) is 11.6. The minimum Gasteiger partial charge on any atom is -0.394 e. The van der Waals surface area contributed by atoms with E-state index in [1.165, 1.54) is 12.8 Å². The van der Waals surface area contributed by atoms with Crippen molar-refractivity contribution < 1.29 is 9.90 Å². The van der Waals surface area contributed by atoms with E-state index in [4.69, 9.17) is 0 Å². The van der Waals surface area contributed by atoms with Crippen LogP contribution in [0.3, 0.4) is 0 Å². The Morgan fingerprint density at radius 1 is 1.19 bits per heavy atom. The summed E-state index contributed by atoms with van der Waals surface area (Å²) in [6.45, 7) is 9.51. The molecule has 0 bridgehead atoms. The number of piperidine rings is 1. The highest BCUT2D eigenvalue weighted by Gasteiger charge is 2.32. The second kappa shape index (κ2) is 9.94. The Morgan fingerprint density at radius 3 is 2.61 bits per heavy atom. The van der Waals surface area contributed by atoms with Gasteiger partial charge < -0.3 is 15.3 Å². The predicted molar refractivity (Wildman–Crippen MR) is 121 cm³/mol. The molecule has 2 N–H and O–H groups in total. The third-order valence-electron chi connectivity index (χ3n) is 6.73. The number of carbonyl (C=O) groups excluding carboxylic acids is 1. The third kappa shape index (κ3) is 5.00. The van der Waals surface area contributed by atoms with Gasteiger partial charge in [0.1, 0.15) is 0 Å². The van der Waals surface area contributed by atoms with Gasteiger partial charge in [-0.3, -0.25) is 14.4 Å². The Labute approximate surface area is 185 Å². The van der Waals surface area contributed by atoms with Gasteiger partial charge in [-0.25, -0.2) is 0 Å². The van der Waals surface area contributed by atoms with Crippen molar-refractivity contribution in [3.05, 3.63) is 52.8 Å². The third-order valence-corrected chi connectivity index (χ3v) is 6.73. The molecule has 2 aliphatic rings. The molecular formula is C24H35N5O2. The summed E-state index contributed by atoms with van der Waals surface area (Å²) < 4.78 is 1.84. The van der Waals surface area contributed by atoms with Gasteiger partial charge in [0, 0.05) is 49.4 Å². The van der Waals surface area contributed by atoms with Crippen LogP contribution in [0.15, 0.2) is 30.3 Å². The first-order valence-corrected chi connectivity index (χ1v) is 11.6. The van der Waals surface area contributed by atoms with E-state index in [1.807, 2.05) is 35.0 Å². The van der Waals surface area contributed by atoms with Crippen LogP contribution < -0.4 is 5.32 Å². The molecule has 4 rings (SSSR count). The van der Waals surface area contributed by atoms with E-state index in [1.54, 1.807) is 0 Å². The lowest BCUT2D eigenvalue weighted by molar-refractivity contribution is 0.0821. The van der Waals surface area contributed by atoms with Crippen LogP contribution in [0.4, 0.5) is 0 Å².